The van der Waals surface area contributed by atoms with Gasteiger partial charge in [0.25, 0.3) is 0 Å². The van der Waals surface area contributed by atoms with Gasteiger partial charge in [-0.25, -0.2) is 4.68 Å². The van der Waals surface area contributed by atoms with Crippen molar-refractivity contribution >= 4 is 22.9 Å². The van der Waals surface area contributed by atoms with Crippen molar-refractivity contribution in [2.75, 3.05) is 0 Å². The van der Waals surface area contributed by atoms with Crippen molar-refractivity contribution in [2.45, 2.75) is 0 Å². The summed E-state index contributed by atoms with van der Waals surface area (Å²) in [6, 6.07) is 11.8. The van der Waals surface area contributed by atoms with Gasteiger partial charge in [0, 0.05) is 21.7 Å². The van der Waals surface area contributed by atoms with Crippen LogP contribution in [0, 0.1) is 0 Å². The second kappa shape index (κ2) is 4.35. The zero-order valence-corrected chi connectivity index (χ0v) is 10.4. The lowest BCUT2D eigenvalue weighted by Crippen LogP contribution is -1.92. The molecule has 0 unspecified atom stereocenters. The summed E-state index contributed by atoms with van der Waals surface area (Å²) in [5, 5.41) is 7.15. The number of hydrogen-bond acceptors (Lipinski definition) is 2. The Morgan fingerprint density at radius 2 is 1.94 bits per heavy atom. The largest absolute Gasteiger partial charge is 0.240 e. The Hall–Kier alpha value is -1.58. The second-order valence-corrected chi connectivity index (χ2v) is 5.01. The summed E-state index contributed by atoms with van der Waals surface area (Å²) in [5.74, 6) is 0. The fraction of sp³-hybridized carbons (Fsp3) is 0. The first-order valence-corrected chi connectivity index (χ1v) is 6.43. The van der Waals surface area contributed by atoms with E-state index in [2.05, 4.69) is 16.5 Å². The first-order chi connectivity index (χ1) is 8.33. The van der Waals surface area contributed by atoms with Gasteiger partial charge in [0.2, 0.25) is 0 Å². The summed E-state index contributed by atoms with van der Waals surface area (Å²) < 4.78 is 1.85. The first-order valence-electron chi connectivity index (χ1n) is 5.17. The van der Waals surface area contributed by atoms with Crippen molar-refractivity contribution in [1.82, 2.24) is 9.78 Å². The summed E-state index contributed by atoms with van der Waals surface area (Å²) in [7, 11) is 0. The van der Waals surface area contributed by atoms with Gasteiger partial charge in [-0.05, 0) is 35.7 Å². The fourth-order valence-electron chi connectivity index (χ4n) is 1.63. The SMILES string of the molecule is Clc1ccc(-n2cc(-c3cccs3)cn2)cc1. The number of benzene rings is 1. The molecule has 0 spiro atoms. The van der Waals surface area contributed by atoms with Gasteiger partial charge in [0.1, 0.15) is 0 Å². The summed E-state index contributed by atoms with van der Waals surface area (Å²) in [5.41, 5.74) is 2.15. The summed E-state index contributed by atoms with van der Waals surface area (Å²) in [6.45, 7) is 0. The van der Waals surface area contributed by atoms with Crippen LogP contribution in [-0.4, -0.2) is 9.78 Å². The molecule has 0 saturated carbocycles. The van der Waals surface area contributed by atoms with Crippen LogP contribution in [0.4, 0.5) is 0 Å². The van der Waals surface area contributed by atoms with Crippen LogP contribution in [-0.2, 0) is 0 Å². The summed E-state index contributed by atoms with van der Waals surface area (Å²) in [6.07, 6.45) is 3.90. The molecule has 17 heavy (non-hydrogen) atoms. The topological polar surface area (TPSA) is 17.8 Å². The zero-order valence-electron chi connectivity index (χ0n) is 8.88. The molecular weight excluding hydrogens is 252 g/mol. The molecule has 0 amide bonds. The summed E-state index contributed by atoms with van der Waals surface area (Å²) in [4.78, 5) is 1.23. The lowest BCUT2D eigenvalue weighted by molar-refractivity contribution is 0.881. The maximum Gasteiger partial charge on any atom is 0.0646 e. The molecule has 2 aromatic heterocycles. The normalized spacial score (nSPS) is 10.6. The van der Waals surface area contributed by atoms with Crippen LogP contribution in [0.15, 0.2) is 54.2 Å². The molecule has 2 heterocycles. The predicted octanol–water partition coefficient (Wildman–Crippen LogP) is 4.25. The van der Waals surface area contributed by atoms with Crippen LogP contribution >= 0.6 is 22.9 Å². The third-order valence-corrected chi connectivity index (χ3v) is 3.65. The van der Waals surface area contributed by atoms with Gasteiger partial charge in [-0.3, -0.25) is 0 Å². The van der Waals surface area contributed by atoms with E-state index in [1.165, 1.54) is 4.88 Å². The standard InChI is InChI=1S/C13H9ClN2S/c14-11-3-5-12(6-4-11)16-9-10(8-15-16)13-2-1-7-17-13/h1-9H. The van der Waals surface area contributed by atoms with E-state index in [9.17, 15) is 0 Å². The molecule has 84 valence electrons. The third-order valence-electron chi connectivity index (χ3n) is 2.48. The minimum absolute atomic E-state index is 0.736. The lowest BCUT2D eigenvalue weighted by atomic mass is 10.3. The Bertz CT molecular complexity index is 611. The smallest absolute Gasteiger partial charge is 0.0646 e. The number of nitrogens with zero attached hydrogens (tertiary/aromatic N) is 2. The van der Waals surface area contributed by atoms with Crippen molar-refractivity contribution in [2.24, 2.45) is 0 Å². The highest BCUT2D eigenvalue weighted by Crippen LogP contribution is 2.24. The van der Waals surface area contributed by atoms with Gasteiger partial charge in [-0.2, -0.15) is 5.10 Å². The minimum Gasteiger partial charge on any atom is -0.240 e. The van der Waals surface area contributed by atoms with Gasteiger partial charge in [0.05, 0.1) is 11.9 Å². The van der Waals surface area contributed by atoms with Gasteiger partial charge in [-0.15, -0.1) is 11.3 Å². The van der Waals surface area contributed by atoms with Crippen molar-refractivity contribution < 1.29 is 0 Å². The Labute approximate surface area is 108 Å². The van der Waals surface area contributed by atoms with E-state index in [1.807, 2.05) is 47.4 Å². The minimum atomic E-state index is 0.736. The predicted molar refractivity (Wildman–Crippen MR) is 71.9 cm³/mol. The third kappa shape index (κ3) is 2.12. The van der Waals surface area contributed by atoms with E-state index in [1.54, 1.807) is 11.3 Å². The van der Waals surface area contributed by atoms with E-state index in [0.29, 0.717) is 0 Å². The molecule has 0 N–H and O–H groups in total. The molecule has 3 aromatic rings. The highest BCUT2D eigenvalue weighted by atomic mass is 35.5. The zero-order chi connectivity index (χ0) is 11.7. The van der Waals surface area contributed by atoms with Crippen LogP contribution < -0.4 is 0 Å². The van der Waals surface area contributed by atoms with Gasteiger partial charge >= 0.3 is 0 Å². The summed E-state index contributed by atoms with van der Waals surface area (Å²) >= 11 is 7.57. The van der Waals surface area contributed by atoms with Crippen LogP contribution in [0.5, 0.6) is 0 Å². The number of thiophene rings is 1. The highest BCUT2D eigenvalue weighted by molar-refractivity contribution is 7.13. The molecule has 0 atom stereocenters. The molecule has 0 bridgehead atoms. The van der Waals surface area contributed by atoms with Crippen LogP contribution in [0.3, 0.4) is 0 Å². The van der Waals surface area contributed by atoms with Crippen molar-refractivity contribution in [3.8, 4) is 16.1 Å². The Morgan fingerprint density at radius 1 is 1.12 bits per heavy atom. The maximum absolute atomic E-state index is 5.86. The van der Waals surface area contributed by atoms with E-state index < -0.39 is 0 Å². The number of halogens is 1. The molecule has 3 rings (SSSR count). The molecule has 1 aromatic carbocycles. The van der Waals surface area contributed by atoms with Crippen LogP contribution in [0.25, 0.3) is 16.1 Å². The molecule has 0 fully saturated rings. The average Bonchev–Trinajstić information content (AvgIpc) is 3.00. The van der Waals surface area contributed by atoms with Gasteiger partial charge in [-0.1, -0.05) is 17.7 Å². The fourth-order valence-corrected chi connectivity index (χ4v) is 2.46. The quantitative estimate of drug-likeness (QED) is 0.673. The Kier molecular flexibility index (Phi) is 2.71. The van der Waals surface area contributed by atoms with Crippen molar-refractivity contribution in [1.29, 1.82) is 0 Å². The molecular formula is C13H9ClN2S. The number of rotatable bonds is 2. The lowest BCUT2D eigenvalue weighted by Gasteiger charge is -2.00. The van der Waals surface area contributed by atoms with Gasteiger partial charge < -0.3 is 0 Å². The second-order valence-electron chi connectivity index (χ2n) is 3.63. The Balaban J connectivity index is 1.98. The maximum atomic E-state index is 5.86. The number of aromatic nitrogens is 2. The van der Waals surface area contributed by atoms with E-state index in [4.69, 9.17) is 11.6 Å². The molecule has 0 radical (unpaired) electrons. The van der Waals surface area contributed by atoms with Crippen molar-refractivity contribution in [3.63, 3.8) is 0 Å². The van der Waals surface area contributed by atoms with Crippen LogP contribution in [0.1, 0.15) is 0 Å². The number of hydrogen-bond donors (Lipinski definition) is 0. The molecule has 4 heteroatoms. The van der Waals surface area contributed by atoms with Gasteiger partial charge in [0.15, 0.2) is 0 Å². The first kappa shape index (κ1) is 10.6. The van der Waals surface area contributed by atoms with Crippen molar-refractivity contribution in [3.05, 3.63) is 59.2 Å². The molecule has 2 nitrogen and oxygen atoms in total. The molecule has 0 aliphatic rings. The monoisotopic (exact) mass is 260 g/mol. The molecule has 0 saturated heterocycles. The van der Waals surface area contributed by atoms with Crippen LogP contribution in [0.2, 0.25) is 5.02 Å². The average molecular weight is 261 g/mol. The molecule has 0 aliphatic carbocycles. The van der Waals surface area contributed by atoms with E-state index >= 15 is 0 Å². The molecule has 0 aliphatic heterocycles. The van der Waals surface area contributed by atoms with E-state index in [0.717, 1.165) is 16.3 Å². The van der Waals surface area contributed by atoms with E-state index in [-0.39, 0.29) is 0 Å². The Morgan fingerprint density at radius 3 is 2.65 bits per heavy atom. The highest BCUT2D eigenvalue weighted by Gasteiger charge is 2.03.